The van der Waals surface area contributed by atoms with E-state index < -0.39 is 0 Å². The molecule has 0 spiro atoms. The minimum Gasteiger partial charge on any atom is -0.494 e. The monoisotopic (exact) mass is 475 g/mol. The summed E-state index contributed by atoms with van der Waals surface area (Å²) < 4.78 is 5.57. The van der Waals surface area contributed by atoms with Gasteiger partial charge in [-0.3, -0.25) is 14.6 Å². The number of rotatable bonds is 7. The Balaban J connectivity index is 0.00000342. The topological polar surface area (TPSA) is 125 Å². The lowest BCUT2D eigenvalue weighted by atomic mass is 10.1. The van der Waals surface area contributed by atoms with Gasteiger partial charge < -0.3 is 25.3 Å². The molecule has 0 unspecified atom stereocenters. The molecule has 10 heteroatoms. The van der Waals surface area contributed by atoms with E-state index in [-0.39, 0.29) is 18.9 Å². The maximum Gasteiger partial charge on any atom is 0.266 e. The Hall–Kier alpha value is -4.31. The standard InChI is InChI=1S/C24H25N7O3.CH4/c1-14(32)27-18-5-15(13-31(2)3)6-19(9-18)28-24-26-10-17-7-16(8-21(34-4)23(17)30-24)20-11-25-12-22(33)29-20;/h5-12H,13H2,1-4H3,(H,27,32)(H,29,33)(H,26,28,30);1H4. The first kappa shape index (κ1) is 25.3. The summed E-state index contributed by atoms with van der Waals surface area (Å²) in [6, 6.07) is 9.39. The van der Waals surface area contributed by atoms with E-state index in [1.54, 1.807) is 25.6 Å². The number of hydrogen-bond acceptors (Lipinski definition) is 8. The molecule has 0 bridgehead atoms. The third-order valence-electron chi connectivity index (χ3n) is 4.90. The number of nitrogens with one attached hydrogen (secondary N) is 3. The Kier molecular flexibility index (Phi) is 7.77. The fourth-order valence-electron chi connectivity index (χ4n) is 3.63. The molecule has 0 fully saturated rings. The Morgan fingerprint density at radius 1 is 1.09 bits per heavy atom. The van der Waals surface area contributed by atoms with E-state index in [4.69, 9.17) is 4.74 Å². The average molecular weight is 476 g/mol. The van der Waals surface area contributed by atoms with Gasteiger partial charge in [-0.1, -0.05) is 7.43 Å². The van der Waals surface area contributed by atoms with Gasteiger partial charge in [-0.2, -0.15) is 0 Å². The molecule has 0 aliphatic carbocycles. The molecule has 4 aromatic rings. The maximum atomic E-state index is 11.7. The van der Waals surface area contributed by atoms with Crippen LogP contribution in [-0.2, 0) is 11.3 Å². The van der Waals surface area contributed by atoms with Gasteiger partial charge in [0.25, 0.3) is 5.56 Å². The number of aromatic amines is 1. The Morgan fingerprint density at radius 3 is 2.54 bits per heavy atom. The Labute approximate surface area is 203 Å². The number of H-pyrrole nitrogens is 1. The lowest BCUT2D eigenvalue weighted by Crippen LogP contribution is -2.12. The van der Waals surface area contributed by atoms with Gasteiger partial charge in [-0.15, -0.1) is 0 Å². The highest BCUT2D eigenvalue weighted by molar-refractivity contribution is 5.90. The first-order chi connectivity index (χ1) is 16.3. The number of carbonyl (C=O) groups is 1. The lowest BCUT2D eigenvalue weighted by molar-refractivity contribution is -0.114. The van der Waals surface area contributed by atoms with Crippen LogP contribution in [0.3, 0.4) is 0 Å². The smallest absolute Gasteiger partial charge is 0.266 e. The molecule has 10 nitrogen and oxygen atoms in total. The second-order valence-electron chi connectivity index (χ2n) is 8.08. The van der Waals surface area contributed by atoms with Crippen molar-refractivity contribution in [3.63, 3.8) is 0 Å². The molecule has 182 valence electrons. The van der Waals surface area contributed by atoms with Crippen LogP contribution in [0.25, 0.3) is 22.2 Å². The van der Waals surface area contributed by atoms with Crippen LogP contribution in [0.15, 0.2) is 53.7 Å². The average Bonchev–Trinajstić information content (AvgIpc) is 2.77. The molecule has 4 rings (SSSR count). The second-order valence-corrected chi connectivity index (χ2v) is 8.08. The van der Waals surface area contributed by atoms with Crippen molar-refractivity contribution in [3.05, 3.63) is 64.8 Å². The van der Waals surface area contributed by atoms with Crippen LogP contribution in [0.4, 0.5) is 17.3 Å². The van der Waals surface area contributed by atoms with Gasteiger partial charge in [-0.25, -0.2) is 9.97 Å². The minimum atomic E-state index is -0.289. The number of carbonyl (C=O) groups excluding carboxylic acids is 1. The van der Waals surface area contributed by atoms with E-state index in [9.17, 15) is 9.59 Å². The second kappa shape index (κ2) is 10.7. The van der Waals surface area contributed by atoms with Gasteiger partial charge in [0.15, 0.2) is 0 Å². The highest BCUT2D eigenvalue weighted by Gasteiger charge is 2.12. The molecule has 0 aliphatic rings. The van der Waals surface area contributed by atoms with E-state index in [1.165, 1.54) is 13.1 Å². The number of nitrogens with zero attached hydrogens (tertiary/aromatic N) is 4. The minimum absolute atomic E-state index is 0. The van der Waals surface area contributed by atoms with Crippen molar-refractivity contribution < 1.29 is 9.53 Å². The van der Waals surface area contributed by atoms with Crippen LogP contribution in [0, 0.1) is 0 Å². The van der Waals surface area contributed by atoms with Crippen molar-refractivity contribution in [1.82, 2.24) is 24.8 Å². The van der Waals surface area contributed by atoms with Gasteiger partial charge in [0.2, 0.25) is 11.9 Å². The first-order valence-corrected chi connectivity index (χ1v) is 10.5. The summed E-state index contributed by atoms with van der Waals surface area (Å²) in [5, 5.41) is 6.79. The van der Waals surface area contributed by atoms with Gasteiger partial charge in [0.05, 0.1) is 25.2 Å². The fourth-order valence-corrected chi connectivity index (χ4v) is 3.63. The predicted molar refractivity (Wildman–Crippen MR) is 138 cm³/mol. The molecule has 0 aliphatic heterocycles. The van der Waals surface area contributed by atoms with E-state index in [1.807, 2.05) is 43.3 Å². The third-order valence-corrected chi connectivity index (χ3v) is 4.90. The summed E-state index contributed by atoms with van der Waals surface area (Å²) in [4.78, 5) is 41.1. The van der Waals surface area contributed by atoms with Crippen LogP contribution < -0.4 is 20.9 Å². The van der Waals surface area contributed by atoms with Crippen LogP contribution in [-0.4, -0.2) is 51.9 Å². The molecule has 35 heavy (non-hydrogen) atoms. The summed E-state index contributed by atoms with van der Waals surface area (Å²) in [5.41, 5.74) is 4.07. The summed E-state index contributed by atoms with van der Waals surface area (Å²) in [6.07, 6.45) is 4.48. The molecular weight excluding hydrogens is 446 g/mol. The SMILES string of the molecule is C.COc1cc(-c2cncc(=O)[nH]2)cc2cnc(Nc3cc(CN(C)C)cc(NC(C)=O)c3)nc12. The van der Waals surface area contributed by atoms with Gasteiger partial charge in [0, 0.05) is 42.0 Å². The predicted octanol–water partition coefficient (Wildman–Crippen LogP) is 3.79. The zero-order valence-corrected chi connectivity index (χ0v) is 19.3. The van der Waals surface area contributed by atoms with Gasteiger partial charge >= 0.3 is 0 Å². The van der Waals surface area contributed by atoms with E-state index in [2.05, 4.69) is 30.6 Å². The number of fused-ring (bicyclic) bond motifs is 1. The summed E-state index contributed by atoms with van der Waals surface area (Å²) in [5.74, 6) is 0.762. The van der Waals surface area contributed by atoms with Crippen molar-refractivity contribution in [1.29, 1.82) is 0 Å². The van der Waals surface area contributed by atoms with Crippen molar-refractivity contribution >= 4 is 34.1 Å². The van der Waals surface area contributed by atoms with Crippen LogP contribution in [0.2, 0.25) is 0 Å². The largest absolute Gasteiger partial charge is 0.494 e. The normalized spacial score (nSPS) is 10.7. The first-order valence-electron chi connectivity index (χ1n) is 10.5. The van der Waals surface area contributed by atoms with Crippen LogP contribution >= 0.6 is 0 Å². The molecule has 3 N–H and O–H groups in total. The van der Waals surface area contributed by atoms with E-state index >= 15 is 0 Å². The lowest BCUT2D eigenvalue weighted by Gasteiger charge is -2.15. The third kappa shape index (κ3) is 6.18. The molecule has 2 aromatic carbocycles. The molecule has 2 aromatic heterocycles. The Bertz CT molecular complexity index is 1420. The van der Waals surface area contributed by atoms with E-state index in [0.717, 1.165) is 22.2 Å². The summed E-state index contributed by atoms with van der Waals surface area (Å²) >= 11 is 0. The van der Waals surface area contributed by atoms with Gasteiger partial charge in [-0.05, 0) is 50.0 Å². The van der Waals surface area contributed by atoms with Crippen LogP contribution in [0.1, 0.15) is 19.9 Å². The molecule has 1 amide bonds. The molecule has 2 heterocycles. The maximum absolute atomic E-state index is 11.7. The van der Waals surface area contributed by atoms with Crippen molar-refractivity contribution in [2.24, 2.45) is 0 Å². The molecule has 0 saturated carbocycles. The number of anilines is 3. The number of methoxy groups -OCH3 is 1. The Morgan fingerprint density at radius 2 is 1.86 bits per heavy atom. The molecule has 0 atom stereocenters. The molecule has 0 saturated heterocycles. The van der Waals surface area contributed by atoms with E-state index in [0.29, 0.717) is 35.1 Å². The zero-order valence-electron chi connectivity index (χ0n) is 19.3. The molecule has 0 radical (unpaired) electrons. The highest BCUT2D eigenvalue weighted by Crippen LogP contribution is 2.31. The fraction of sp³-hybridized carbons (Fsp3) is 0.240. The van der Waals surface area contributed by atoms with Crippen LogP contribution in [0.5, 0.6) is 5.75 Å². The molecular formula is C25H29N7O3. The zero-order chi connectivity index (χ0) is 24.2. The number of ether oxygens (including phenoxy) is 1. The van der Waals surface area contributed by atoms with Crippen molar-refractivity contribution in [2.75, 3.05) is 31.8 Å². The summed E-state index contributed by atoms with van der Waals surface area (Å²) in [7, 11) is 5.52. The number of aromatic nitrogens is 4. The number of hydrogen-bond donors (Lipinski definition) is 3. The number of benzene rings is 2. The van der Waals surface area contributed by atoms with Gasteiger partial charge in [0.1, 0.15) is 11.3 Å². The number of amides is 1. The summed E-state index contributed by atoms with van der Waals surface area (Å²) in [6.45, 7) is 2.17. The van der Waals surface area contributed by atoms with Crippen molar-refractivity contribution in [2.45, 2.75) is 20.9 Å². The highest BCUT2D eigenvalue weighted by atomic mass is 16.5. The van der Waals surface area contributed by atoms with Crippen molar-refractivity contribution in [3.8, 4) is 17.0 Å². The quantitative estimate of drug-likeness (QED) is 0.369.